The number of rotatable bonds is 8. The molecule has 0 spiro atoms. The zero-order valence-electron chi connectivity index (χ0n) is 18.6. The van der Waals surface area contributed by atoms with E-state index in [9.17, 15) is 4.79 Å². The first kappa shape index (κ1) is 24.4. The van der Waals surface area contributed by atoms with Crippen LogP contribution >= 0.6 is 24.0 Å². The molecular formula is C25H33IN4O2. The fraction of sp³-hybridized carbons (Fsp3) is 0.440. The molecule has 1 amide bonds. The Morgan fingerprint density at radius 3 is 2.66 bits per heavy atom. The van der Waals surface area contributed by atoms with Crippen molar-refractivity contribution in [1.29, 1.82) is 0 Å². The molecule has 6 nitrogen and oxygen atoms in total. The van der Waals surface area contributed by atoms with Crippen LogP contribution < -0.4 is 15.4 Å². The molecule has 2 unspecified atom stereocenters. The molecule has 172 valence electrons. The van der Waals surface area contributed by atoms with Crippen molar-refractivity contribution in [2.45, 2.75) is 32.3 Å². The van der Waals surface area contributed by atoms with Crippen molar-refractivity contribution >= 4 is 35.8 Å². The minimum absolute atomic E-state index is 0. The lowest BCUT2D eigenvalue weighted by molar-refractivity contribution is -0.127. The van der Waals surface area contributed by atoms with E-state index in [0.29, 0.717) is 19.5 Å². The van der Waals surface area contributed by atoms with Crippen LogP contribution in [-0.2, 0) is 17.6 Å². The molecule has 2 aliphatic heterocycles. The Bertz CT molecular complexity index is 881. The summed E-state index contributed by atoms with van der Waals surface area (Å²) in [6.45, 7) is 5.77. The first-order chi connectivity index (χ1) is 15.2. The zero-order valence-corrected chi connectivity index (χ0v) is 21.0. The minimum atomic E-state index is 0. The maximum Gasteiger partial charge on any atom is 0.223 e. The summed E-state index contributed by atoms with van der Waals surface area (Å²) >= 11 is 0. The molecule has 0 saturated carbocycles. The lowest BCUT2D eigenvalue weighted by Crippen LogP contribution is -2.42. The van der Waals surface area contributed by atoms with Gasteiger partial charge < -0.3 is 20.3 Å². The number of nitrogens with zero attached hydrogens (tertiary/aromatic N) is 2. The lowest BCUT2D eigenvalue weighted by atomic mass is 10.1. The second kappa shape index (κ2) is 12.1. The molecule has 0 radical (unpaired) electrons. The predicted octanol–water partition coefficient (Wildman–Crippen LogP) is 3.25. The summed E-state index contributed by atoms with van der Waals surface area (Å²) < 4.78 is 6.01. The van der Waals surface area contributed by atoms with Crippen LogP contribution in [0.3, 0.4) is 0 Å². The highest BCUT2D eigenvalue weighted by Crippen LogP contribution is 2.27. The van der Waals surface area contributed by atoms with E-state index >= 15 is 0 Å². The average Bonchev–Trinajstić information content (AvgIpc) is 3.37. The maximum absolute atomic E-state index is 12.4. The van der Waals surface area contributed by atoms with Gasteiger partial charge in [0.2, 0.25) is 5.91 Å². The average molecular weight is 548 g/mol. The van der Waals surface area contributed by atoms with Gasteiger partial charge in [-0.1, -0.05) is 48.5 Å². The number of guanidine groups is 1. The summed E-state index contributed by atoms with van der Waals surface area (Å²) in [5.74, 6) is 2.28. The predicted molar refractivity (Wildman–Crippen MR) is 139 cm³/mol. The fourth-order valence-electron chi connectivity index (χ4n) is 4.24. The van der Waals surface area contributed by atoms with E-state index in [2.05, 4.69) is 41.8 Å². The molecule has 2 aromatic carbocycles. The van der Waals surface area contributed by atoms with Crippen LogP contribution in [0, 0.1) is 5.92 Å². The number of hydrogen-bond acceptors (Lipinski definition) is 3. The number of aliphatic imine (C=N–C) groups is 1. The summed E-state index contributed by atoms with van der Waals surface area (Å²) in [5, 5.41) is 6.71. The van der Waals surface area contributed by atoms with Gasteiger partial charge >= 0.3 is 0 Å². The molecule has 2 N–H and O–H groups in total. The molecule has 0 bridgehead atoms. The molecule has 32 heavy (non-hydrogen) atoms. The molecule has 4 rings (SSSR count). The van der Waals surface area contributed by atoms with Gasteiger partial charge in [0, 0.05) is 44.9 Å². The Hall–Kier alpha value is -2.29. The Balaban J connectivity index is 0.00000289. The molecule has 2 atom stereocenters. The molecule has 1 fully saturated rings. The Kier molecular flexibility index (Phi) is 9.20. The minimum Gasteiger partial charge on any atom is -0.488 e. The molecule has 2 aromatic rings. The molecule has 7 heteroatoms. The van der Waals surface area contributed by atoms with Crippen molar-refractivity contribution in [3.8, 4) is 5.75 Å². The van der Waals surface area contributed by atoms with Crippen LogP contribution in [0.2, 0.25) is 0 Å². The summed E-state index contributed by atoms with van der Waals surface area (Å²) in [4.78, 5) is 19.1. The monoisotopic (exact) mass is 548 g/mol. The second-order valence-corrected chi connectivity index (χ2v) is 8.30. The first-order valence-electron chi connectivity index (χ1n) is 11.3. The van der Waals surface area contributed by atoms with E-state index in [1.807, 2.05) is 35.2 Å². The largest absolute Gasteiger partial charge is 0.488 e. The number of ether oxygens (including phenoxy) is 1. The number of likely N-dealkylation sites (tertiary alicyclic amines) is 1. The smallest absolute Gasteiger partial charge is 0.223 e. The van der Waals surface area contributed by atoms with Gasteiger partial charge in [-0.25, -0.2) is 0 Å². The van der Waals surface area contributed by atoms with E-state index in [-0.39, 0.29) is 41.9 Å². The zero-order chi connectivity index (χ0) is 21.5. The highest BCUT2D eigenvalue weighted by molar-refractivity contribution is 14.0. The van der Waals surface area contributed by atoms with Crippen LogP contribution in [0.15, 0.2) is 59.6 Å². The molecule has 2 aliphatic rings. The Labute approximate surface area is 207 Å². The number of amides is 1. The van der Waals surface area contributed by atoms with Gasteiger partial charge in [0.15, 0.2) is 5.96 Å². The molecule has 2 heterocycles. The summed E-state index contributed by atoms with van der Waals surface area (Å²) in [5.41, 5.74) is 2.53. The van der Waals surface area contributed by atoms with Crippen LogP contribution in [-0.4, -0.2) is 55.6 Å². The summed E-state index contributed by atoms with van der Waals surface area (Å²) in [7, 11) is 0. The highest BCUT2D eigenvalue weighted by Gasteiger charge is 2.29. The van der Waals surface area contributed by atoms with E-state index in [4.69, 9.17) is 9.73 Å². The van der Waals surface area contributed by atoms with Crippen molar-refractivity contribution in [2.24, 2.45) is 10.9 Å². The van der Waals surface area contributed by atoms with E-state index in [1.165, 1.54) is 11.1 Å². The summed E-state index contributed by atoms with van der Waals surface area (Å²) in [6.07, 6.45) is 2.51. The number of fused-ring (bicyclic) bond motifs is 1. The molecule has 0 aromatic heterocycles. The number of benzene rings is 2. The van der Waals surface area contributed by atoms with Gasteiger partial charge in [-0.15, -0.1) is 24.0 Å². The van der Waals surface area contributed by atoms with Gasteiger partial charge in [0.25, 0.3) is 0 Å². The van der Waals surface area contributed by atoms with Gasteiger partial charge in [-0.05, 0) is 30.5 Å². The topological polar surface area (TPSA) is 66.0 Å². The lowest BCUT2D eigenvalue weighted by Gasteiger charge is -2.17. The van der Waals surface area contributed by atoms with Gasteiger partial charge in [0.1, 0.15) is 11.9 Å². The van der Waals surface area contributed by atoms with Crippen molar-refractivity contribution in [1.82, 2.24) is 15.5 Å². The van der Waals surface area contributed by atoms with Crippen LogP contribution in [0.5, 0.6) is 5.75 Å². The van der Waals surface area contributed by atoms with Crippen molar-refractivity contribution in [3.05, 3.63) is 65.7 Å². The van der Waals surface area contributed by atoms with Gasteiger partial charge in [-0.3, -0.25) is 9.79 Å². The Morgan fingerprint density at radius 2 is 1.88 bits per heavy atom. The quantitative estimate of drug-likeness (QED) is 0.302. The van der Waals surface area contributed by atoms with Crippen LogP contribution in [0.4, 0.5) is 0 Å². The van der Waals surface area contributed by atoms with Crippen molar-refractivity contribution in [3.63, 3.8) is 0 Å². The second-order valence-electron chi connectivity index (χ2n) is 8.30. The number of carbonyl (C=O) groups excluding carboxylic acids is 1. The number of nitrogens with one attached hydrogen (secondary N) is 2. The van der Waals surface area contributed by atoms with Gasteiger partial charge in [0.05, 0.1) is 6.54 Å². The molecule has 0 aliphatic carbocycles. The van der Waals surface area contributed by atoms with Crippen LogP contribution in [0.25, 0.3) is 0 Å². The highest BCUT2D eigenvalue weighted by atomic mass is 127. The number of halogens is 1. The normalized spacial score (nSPS) is 19.8. The van der Waals surface area contributed by atoms with E-state index in [0.717, 1.165) is 44.2 Å². The maximum atomic E-state index is 12.4. The SMILES string of the molecule is CCNC(=NCC1CC(=O)N(CCc2ccccc2)C1)NCC1Cc2ccccc2O1.I. The third-order valence-electron chi connectivity index (χ3n) is 5.87. The van der Waals surface area contributed by atoms with Crippen LogP contribution in [0.1, 0.15) is 24.5 Å². The van der Waals surface area contributed by atoms with Gasteiger partial charge in [-0.2, -0.15) is 0 Å². The van der Waals surface area contributed by atoms with Crippen molar-refractivity contribution in [2.75, 3.05) is 32.7 Å². The van der Waals surface area contributed by atoms with Crippen molar-refractivity contribution < 1.29 is 9.53 Å². The van der Waals surface area contributed by atoms with E-state index in [1.54, 1.807) is 0 Å². The number of hydrogen-bond donors (Lipinski definition) is 2. The number of para-hydroxylation sites is 1. The standard InChI is InChI=1S/C25H32N4O2.HI/c1-2-26-25(28-17-22-15-21-10-6-7-11-23(21)31-22)27-16-20-14-24(30)29(18-20)13-12-19-8-4-3-5-9-19;/h3-11,20,22H,2,12-18H2,1H3,(H2,26,27,28);1H. The van der Waals surface area contributed by atoms with E-state index < -0.39 is 0 Å². The first-order valence-corrected chi connectivity index (χ1v) is 11.3. The number of carbonyl (C=O) groups is 1. The summed E-state index contributed by atoms with van der Waals surface area (Å²) in [6, 6.07) is 18.5. The molecular weight excluding hydrogens is 515 g/mol. The Morgan fingerprint density at radius 1 is 1.09 bits per heavy atom. The third-order valence-corrected chi connectivity index (χ3v) is 5.87. The molecule has 1 saturated heterocycles. The fourth-order valence-corrected chi connectivity index (χ4v) is 4.24. The third kappa shape index (κ3) is 6.60.